The molecule has 5 aromatic rings. The number of aliphatic hydroxyl groups excluding tert-OH is 4. The van der Waals surface area contributed by atoms with Crippen molar-refractivity contribution in [3.63, 3.8) is 0 Å². The first kappa shape index (κ1) is 29.8. The van der Waals surface area contributed by atoms with Crippen LogP contribution in [0.2, 0.25) is 0 Å². The molecule has 7 N–H and O–H groups in total. The van der Waals surface area contributed by atoms with Crippen LogP contribution in [-0.4, -0.2) is 35.7 Å². The summed E-state index contributed by atoms with van der Waals surface area (Å²) in [6.45, 7) is 0.0557. The van der Waals surface area contributed by atoms with E-state index in [0.717, 1.165) is 11.1 Å². The van der Waals surface area contributed by atoms with E-state index in [4.69, 9.17) is 0 Å². The molecule has 0 aliphatic carbocycles. The lowest BCUT2D eigenvalue weighted by Gasteiger charge is -2.35. The number of aromatic hydroxyl groups is 3. The third-order valence-corrected chi connectivity index (χ3v) is 8.23. The Hall–Kier alpha value is -4.66. The molecule has 43 heavy (non-hydrogen) atoms. The molecular weight excluding hydrogens is 544 g/mol. The second-order valence-corrected chi connectivity index (χ2v) is 10.7. The third kappa shape index (κ3) is 5.35. The second-order valence-electron chi connectivity index (χ2n) is 10.7. The molecular formula is C36H34O7. The van der Waals surface area contributed by atoms with E-state index in [0.29, 0.717) is 27.8 Å². The Morgan fingerprint density at radius 2 is 0.744 bits per heavy atom. The molecule has 0 fully saturated rings. The molecule has 0 aliphatic rings. The zero-order valence-corrected chi connectivity index (χ0v) is 23.7. The molecule has 5 aromatic carbocycles. The average Bonchev–Trinajstić information content (AvgIpc) is 3.05. The summed E-state index contributed by atoms with van der Waals surface area (Å²) < 4.78 is 0. The predicted octanol–water partition coefficient (Wildman–Crippen LogP) is 5.46. The lowest BCUT2D eigenvalue weighted by molar-refractivity contribution is 0.263. The second kappa shape index (κ2) is 12.3. The maximum atomic E-state index is 11.2. The highest BCUT2D eigenvalue weighted by atomic mass is 16.3. The van der Waals surface area contributed by atoms with E-state index in [9.17, 15) is 35.7 Å². The highest BCUT2D eigenvalue weighted by molar-refractivity contribution is 5.76. The van der Waals surface area contributed by atoms with Gasteiger partial charge in [0.25, 0.3) is 0 Å². The maximum absolute atomic E-state index is 11.2. The topological polar surface area (TPSA) is 142 Å². The zero-order valence-electron chi connectivity index (χ0n) is 23.7. The van der Waals surface area contributed by atoms with Crippen molar-refractivity contribution in [1.82, 2.24) is 0 Å². The van der Waals surface area contributed by atoms with Gasteiger partial charge < -0.3 is 35.7 Å². The minimum atomic E-state index is -1.12. The van der Waals surface area contributed by atoms with Crippen molar-refractivity contribution in [2.75, 3.05) is 0 Å². The van der Waals surface area contributed by atoms with Crippen LogP contribution in [0.5, 0.6) is 17.2 Å². The number of benzene rings is 5. The first-order valence-electron chi connectivity index (χ1n) is 13.9. The van der Waals surface area contributed by atoms with Crippen LogP contribution in [0.3, 0.4) is 0 Å². The Labute approximate surface area is 249 Å². The van der Waals surface area contributed by atoms with Crippen LogP contribution >= 0.6 is 0 Å². The average molecular weight is 579 g/mol. The number of hydrogen-bond donors (Lipinski definition) is 7. The Balaban J connectivity index is 1.91. The van der Waals surface area contributed by atoms with E-state index < -0.39 is 31.8 Å². The fraction of sp³-hybridized carbons (Fsp3) is 0.167. The van der Waals surface area contributed by atoms with Crippen LogP contribution in [0.25, 0.3) is 22.3 Å². The highest BCUT2D eigenvalue weighted by Gasteiger charge is 2.35. The number of aliphatic hydroxyl groups is 4. The Bertz CT molecular complexity index is 1630. The van der Waals surface area contributed by atoms with E-state index in [2.05, 4.69) is 0 Å². The van der Waals surface area contributed by atoms with Crippen LogP contribution in [-0.2, 0) is 31.8 Å². The van der Waals surface area contributed by atoms with E-state index in [-0.39, 0.29) is 39.5 Å². The fourth-order valence-electron chi connectivity index (χ4n) is 5.67. The lowest BCUT2D eigenvalue weighted by Crippen LogP contribution is -2.27. The van der Waals surface area contributed by atoms with E-state index in [1.807, 2.05) is 79.7 Å². The summed E-state index contributed by atoms with van der Waals surface area (Å²) in [4.78, 5) is 0. The van der Waals surface area contributed by atoms with Crippen LogP contribution in [0.4, 0.5) is 0 Å². The quantitative estimate of drug-likeness (QED) is 0.115. The van der Waals surface area contributed by atoms with Crippen LogP contribution in [0.1, 0.15) is 45.9 Å². The van der Waals surface area contributed by atoms with Gasteiger partial charge >= 0.3 is 0 Å². The zero-order chi connectivity index (χ0) is 30.7. The van der Waals surface area contributed by atoms with Gasteiger partial charge in [0.1, 0.15) is 17.2 Å². The molecule has 0 heterocycles. The smallest absolute Gasteiger partial charge is 0.128 e. The van der Waals surface area contributed by atoms with E-state index >= 15 is 0 Å². The molecule has 7 nitrogen and oxygen atoms in total. The van der Waals surface area contributed by atoms with Crippen molar-refractivity contribution in [3.8, 4) is 39.5 Å². The maximum Gasteiger partial charge on any atom is 0.128 e. The molecule has 0 bridgehead atoms. The molecule has 0 amide bonds. The number of phenols is 3. The summed E-state index contributed by atoms with van der Waals surface area (Å²) in [6, 6.07) is 28.8. The standard InChI is InChI=1S/C36H34O7/c1-36(28-12-24(18-37)33(41)25(13-28)19-38,29-14-26(20-39)34(42)31(16-29)22-8-4-2-5-9-22)30-15-27(21-40)35(43)32(17-30)23-10-6-3-7-11-23/h2-17,37-43H,18-21H2,1H3. The molecule has 0 radical (unpaired) electrons. The van der Waals surface area contributed by atoms with Gasteiger partial charge in [-0.3, -0.25) is 0 Å². The Morgan fingerprint density at radius 1 is 0.442 bits per heavy atom. The fourth-order valence-corrected chi connectivity index (χ4v) is 5.67. The van der Waals surface area contributed by atoms with Gasteiger partial charge in [0, 0.05) is 38.8 Å². The molecule has 7 heteroatoms. The molecule has 0 saturated carbocycles. The summed E-state index contributed by atoms with van der Waals surface area (Å²) in [5.74, 6) is -0.344. The minimum absolute atomic E-state index is 0.0654. The molecule has 5 rings (SSSR count). The van der Waals surface area contributed by atoms with Gasteiger partial charge in [-0.05, 0) is 71.1 Å². The lowest BCUT2D eigenvalue weighted by atomic mass is 9.68. The molecule has 0 aromatic heterocycles. The SMILES string of the molecule is CC(c1cc(CO)c(O)c(CO)c1)(c1cc(CO)c(O)c(-c2ccccc2)c1)c1cc(CO)c(O)c(-c2ccccc2)c1. The van der Waals surface area contributed by atoms with Crippen molar-refractivity contribution in [3.05, 3.63) is 136 Å². The van der Waals surface area contributed by atoms with Crippen molar-refractivity contribution in [1.29, 1.82) is 0 Å². The van der Waals surface area contributed by atoms with Crippen molar-refractivity contribution in [2.24, 2.45) is 0 Å². The van der Waals surface area contributed by atoms with Crippen LogP contribution in [0, 0.1) is 0 Å². The van der Waals surface area contributed by atoms with Crippen LogP contribution in [0.15, 0.2) is 97.1 Å². The van der Waals surface area contributed by atoms with Gasteiger partial charge in [-0.15, -0.1) is 0 Å². The normalized spacial score (nSPS) is 11.6. The van der Waals surface area contributed by atoms with Crippen molar-refractivity contribution >= 4 is 0 Å². The van der Waals surface area contributed by atoms with Crippen molar-refractivity contribution < 1.29 is 35.7 Å². The van der Waals surface area contributed by atoms with Crippen molar-refractivity contribution in [2.45, 2.75) is 38.8 Å². The van der Waals surface area contributed by atoms with Gasteiger partial charge in [-0.2, -0.15) is 0 Å². The van der Waals surface area contributed by atoms with E-state index in [1.54, 1.807) is 24.3 Å². The monoisotopic (exact) mass is 578 g/mol. The predicted molar refractivity (Wildman–Crippen MR) is 164 cm³/mol. The summed E-state index contributed by atoms with van der Waals surface area (Å²) >= 11 is 0. The molecule has 0 spiro atoms. The largest absolute Gasteiger partial charge is 0.507 e. The van der Waals surface area contributed by atoms with E-state index in [1.165, 1.54) is 0 Å². The van der Waals surface area contributed by atoms with Gasteiger partial charge in [0.2, 0.25) is 0 Å². The highest BCUT2D eigenvalue weighted by Crippen LogP contribution is 2.47. The molecule has 0 aliphatic heterocycles. The molecule has 0 unspecified atom stereocenters. The molecule has 0 saturated heterocycles. The first-order chi connectivity index (χ1) is 20.8. The van der Waals surface area contributed by atoms with Gasteiger partial charge in [0.05, 0.1) is 26.4 Å². The number of hydrogen-bond acceptors (Lipinski definition) is 7. The Kier molecular flexibility index (Phi) is 8.52. The van der Waals surface area contributed by atoms with Gasteiger partial charge in [-0.1, -0.05) is 60.7 Å². The first-order valence-corrected chi connectivity index (χ1v) is 13.9. The Morgan fingerprint density at radius 3 is 1.07 bits per heavy atom. The molecule has 220 valence electrons. The summed E-state index contributed by atoms with van der Waals surface area (Å²) in [5.41, 5.74) is 4.16. The third-order valence-electron chi connectivity index (χ3n) is 8.23. The summed E-state index contributed by atoms with van der Waals surface area (Å²) in [7, 11) is 0. The van der Waals surface area contributed by atoms with Crippen LogP contribution < -0.4 is 0 Å². The van der Waals surface area contributed by atoms with Gasteiger partial charge in [0.15, 0.2) is 0 Å². The van der Waals surface area contributed by atoms with Gasteiger partial charge in [-0.25, -0.2) is 0 Å². The minimum Gasteiger partial charge on any atom is -0.507 e. The number of rotatable bonds is 9. The summed E-state index contributed by atoms with van der Waals surface area (Å²) in [5, 5.41) is 73.9. The summed E-state index contributed by atoms with van der Waals surface area (Å²) in [6.07, 6.45) is 0. The molecule has 0 atom stereocenters.